The fourth-order valence-corrected chi connectivity index (χ4v) is 1.44. The predicted octanol–water partition coefficient (Wildman–Crippen LogP) is 2.12. The third kappa shape index (κ3) is 1.36. The van der Waals surface area contributed by atoms with Crippen LogP contribution >= 0.6 is 12.2 Å². The Labute approximate surface area is 80.8 Å². The highest BCUT2D eigenvalue weighted by Gasteiger charge is 1.99. The van der Waals surface area contributed by atoms with Crippen LogP contribution in [-0.4, -0.2) is 9.55 Å². The number of para-hydroxylation sites is 2. The van der Waals surface area contributed by atoms with E-state index in [2.05, 4.69) is 4.98 Å². The van der Waals surface area contributed by atoms with Crippen molar-refractivity contribution in [2.24, 2.45) is 0 Å². The number of nitrogens with zero attached hydrogens (tertiary/aromatic N) is 1. The first-order chi connectivity index (χ1) is 6.29. The number of benzene rings is 1. The van der Waals surface area contributed by atoms with Crippen molar-refractivity contribution in [2.45, 2.75) is 0 Å². The summed E-state index contributed by atoms with van der Waals surface area (Å²) >= 11 is 5.08. The molecule has 1 aromatic heterocycles. The van der Waals surface area contributed by atoms with Gasteiger partial charge >= 0.3 is 0 Å². The first-order valence-electron chi connectivity index (χ1n) is 3.90. The van der Waals surface area contributed by atoms with Crippen molar-refractivity contribution in [3.8, 4) is 5.69 Å². The van der Waals surface area contributed by atoms with E-state index in [-0.39, 0.29) is 0 Å². The molecule has 0 bridgehead atoms. The van der Waals surface area contributed by atoms with Crippen LogP contribution in [0.4, 0.5) is 5.69 Å². The van der Waals surface area contributed by atoms with E-state index in [0.717, 1.165) is 11.4 Å². The van der Waals surface area contributed by atoms with Gasteiger partial charge in [0, 0.05) is 12.4 Å². The lowest BCUT2D eigenvalue weighted by Gasteiger charge is -2.04. The third-order valence-corrected chi connectivity index (χ3v) is 2.16. The van der Waals surface area contributed by atoms with Crippen molar-refractivity contribution in [1.82, 2.24) is 9.55 Å². The molecule has 0 unspecified atom stereocenters. The Hall–Kier alpha value is -1.55. The first-order valence-corrected chi connectivity index (χ1v) is 4.31. The van der Waals surface area contributed by atoms with Crippen molar-refractivity contribution in [1.29, 1.82) is 0 Å². The monoisotopic (exact) mass is 191 g/mol. The summed E-state index contributed by atoms with van der Waals surface area (Å²) in [6.07, 6.45) is 3.64. The number of nitrogens with two attached hydrogens (primary N) is 1. The Morgan fingerprint density at radius 1 is 1.31 bits per heavy atom. The van der Waals surface area contributed by atoms with Gasteiger partial charge in [-0.3, -0.25) is 4.57 Å². The molecule has 0 aliphatic heterocycles. The van der Waals surface area contributed by atoms with E-state index in [9.17, 15) is 0 Å². The number of imidazole rings is 1. The largest absolute Gasteiger partial charge is 0.397 e. The van der Waals surface area contributed by atoms with Crippen LogP contribution in [0.2, 0.25) is 0 Å². The molecule has 0 fully saturated rings. The molecule has 0 saturated heterocycles. The number of nitrogens with one attached hydrogen (secondary N) is 1. The van der Waals surface area contributed by atoms with Gasteiger partial charge in [-0.1, -0.05) is 12.1 Å². The van der Waals surface area contributed by atoms with Crippen molar-refractivity contribution in [3.63, 3.8) is 0 Å². The summed E-state index contributed by atoms with van der Waals surface area (Å²) in [5.41, 5.74) is 7.43. The molecule has 4 heteroatoms. The van der Waals surface area contributed by atoms with E-state index in [1.807, 2.05) is 35.0 Å². The SMILES string of the molecule is Nc1ccccc1-n1cc[nH]c1=S. The van der Waals surface area contributed by atoms with Crippen LogP contribution in [0.3, 0.4) is 0 Å². The second kappa shape index (κ2) is 3.06. The van der Waals surface area contributed by atoms with Gasteiger partial charge in [0.2, 0.25) is 0 Å². The van der Waals surface area contributed by atoms with Crippen LogP contribution in [0.15, 0.2) is 36.7 Å². The molecular formula is C9H9N3S. The fraction of sp³-hybridized carbons (Fsp3) is 0. The zero-order valence-electron chi connectivity index (χ0n) is 6.90. The molecule has 0 radical (unpaired) electrons. The third-order valence-electron chi connectivity index (χ3n) is 1.85. The van der Waals surface area contributed by atoms with Crippen LogP contribution in [0.1, 0.15) is 0 Å². The first kappa shape index (κ1) is 8.07. The number of hydrogen-bond donors (Lipinski definition) is 2. The zero-order chi connectivity index (χ0) is 9.26. The van der Waals surface area contributed by atoms with Crippen LogP contribution in [0, 0.1) is 4.77 Å². The standard InChI is InChI=1S/C9H9N3S/c10-7-3-1-2-4-8(7)12-6-5-11-9(12)13/h1-6H,10H2,(H,11,13). The molecule has 3 nitrogen and oxygen atoms in total. The number of anilines is 1. The summed E-state index contributed by atoms with van der Waals surface area (Å²) in [6, 6.07) is 7.61. The maximum absolute atomic E-state index is 5.80. The van der Waals surface area contributed by atoms with E-state index in [0.29, 0.717) is 4.77 Å². The highest BCUT2D eigenvalue weighted by Crippen LogP contribution is 2.15. The number of nitrogen functional groups attached to an aromatic ring is 1. The molecular weight excluding hydrogens is 182 g/mol. The van der Waals surface area contributed by atoms with Crippen molar-refractivity contribution < 1.29 is 0 Å². The normalized spacial score (nSPS) is 10.2. The molecule has 0 atom stereocenters. The summed E-state index contributed by atoms with van der Waals surface area (Å²) in [5, 5.41) is 0. The smallest absolute Gasteiger partial charge is 0.181 e. The molecule has 0 aliphatic rings. The lowest BCUT2D eigenvalue weighted by molar-refractivity contribution is 1.03. The lowest BCUT2D eigenvalue weighted by Crippen LogP contribution is -1.97. The minimum Gasteiger partial charge on any atom is -0.397 e. The Morgan fingerprint density at radius 3 is 2.69 bits per heavy atom. The Bertz CT molecular complexity index is 469. The molecule has 0 aliphatic carbocycles. The van der Waals surface area contributed by atoms with Gasteiger partial charge in [-0.05, 0) is 24.4 Å². The molecule has 1 heterocycles. The number of rotatable bonds is 1. The predicted molar refractivity (Wildman–Crippen MR) is 55.4 cm³/mol. The van der Waals surface area contributed by atoms with Gasteiger partial charge in [0.1, 0.15) is 0 Å². The highest BCUT2D eigenvalue weighted by molar-refractivity contribution is 7.71. The summed E-state index contributed by atoms with van der Waals surface area (Å²) in [7, 11) is 0. The molecule has 1 aromatic carbocycles. The van der Waals surface area contributed by atoms with E-state index < -0.39 is 0 Å². The van der Waals surface area contributed by atoms with Crippen LogP contribution in [0.5, 0.6) is 0 Å². The highest BCUT2D eigenvalue weighted by atomic mass is 32.1. The number of H-pyrrole nitrogens is 1. The molecule has 0 amide bonds. The molecule has 2 aromatic rings. The topological polar surface area (TPSA) is 46.7 Å². The summed E-state index contributed by atoms with van der Waals surface area (Å²) in [4.78, 5) is 2.92. The maximum Gasteiger partial charge on any atom is 0.181 e. The second-order valence-corrected chi connectivity index (χ2v) is 3.08. The summed E-state index contributed by atoms with van der Waals surface area (Å²) in [6.45, 7) is 0. The summed E-state index contributed by atoms with van der Waals surface area (Å²) < 4.78 is 2.49. The number of hydrogen-bond acceptors (Lipinski definition) is 2. The second-order valence-electron chi connectivity index (χ2n) is 2.69. The van der Waals surface area contributed by atoms with Gasteiger partial charge in [-0.25, -0.2) is 0 Å². The minimum absolute atomic E-state index is 0.651. The molecule has 2 rings (SSSR count). The van der Waals surface area contributed by atoms with Gasteiger partial charge in [0.25, 0.3) is 0 Å². The quantitative estimate of drug-likeness (QED) is 0.535. The van der Waals surface area contributed by atoms with Crippen LogP contribution in [-0.2, 0) is 0 Å². The molecule has 0 saturated carbocycles. The van der Waals surface area contributed by atoms with E-state index >= 15 is 0 Å². The van der Waals surface area contributed by atoms with Crippen molar-refractivity contribution >= 4 is 17.9 Å². The van der Waals surface area contributed by atoms with E-state index in [1.165, 1.54) is 0 Å². The van der Waals surface area contributed by atoms with Gasteiger partial charge in [-0.2, -0.15) is 0 Å². The van der Waals surface area contributed by atoms with Gasteiger partial charge < -0.3 is 10.7 Å². The average Bonchev–Trinajstić information content (AvgIpc) is 2.52. The molecule has 3 N–H and O–H groups in total. The zero-order valence-corrected chi connectivity index (χ0v) is 7.71. The van der Waals surface area contributed by atoms with E-state index in [1.54, 1.807) is 6.20 Å². The molecule has 66 valence electrons. The van der Waals surface area contributed by atoms with Gasteiger partial charge in [0.05, 0.1) is 11.4 Å². The maximum atomic E-state index is 5.80. The Kier molecular flexibility index (Phi) is 1.90. The summed E-state index contributed by atoms with van der Waals surface area (Å²) in [5.74, 6) is 0. The van der Waals surface area contributed by atoms with Gasteiger partial charge in [0.15, 0.2) is 4.77 Å². The number of aromatic nitrogens is 2. The molecule has 13 heavy (non-hydrogen) atoms. The fourth-order valence-electron chi connectivity index (χ4n) is 1.22. The molecule has 0 spiro atoms. The Morgan fingerprint density at radius 2 is 2.08 bits per heavy atom. The number of aromatic amines is 1. The van der Waals surface area contributed by atoms with Crippen molar-refractivity contribution in [3.05, 3.63) is 41.4 Å². The van der Waals surface area contributed by atoms with Gasteiger partial charge in [-0.15, -0.1) is 0 Å². The van der Waals surface area contributed by atoms with E-state index in [4.69, 9.17) is 18.0 Å². The van der Waals surface area contributed by atoms with Crippen molar-refractivity contribution in [2.75, 3.05) is 5.73 Å². The Balaban J connectivity index is 2.66. The van der Waals surface area contributed by atoms with Crippen LogP contribution < -0.4 is 5.73 Å². The average molecular weight is 191 g/mol. The van der Waals surface area contributed by atoms with Crippen LogP contribution in [0.25, 0.3) is 5.69 Å². The minimum atomic E-state index is 0.651. The lowest BCUT2D eigenvalue weighted by atomic mass is 10.3.